The molecule has 1 fully saturated rings. The molecule has 0 spiro atoms. The zero-order valence-electron chi connectivity index (χ0n) is 15.1. The van der Waals surface area contributed by atoms with E-state index in [1.807, 2.05) is 6.07 Å². The van der Waals surface area contributed by atoms with Gasteiger partial charge in [-0.25, -0.2) is 0 Å². The van der Waals surface area contributed by atoms with E-state index in [1.54, 1.807) is 19.2 Å². The van der Waals surface area contributed by atoms with Crippen LogP contribution in [-0.4, -0.2) is 47.2 Å². The van der Waals surface area contributed by atoms with Crippen molar-refractivity contribution in [2.45, 2.75) is 38.1 Å². The normalized spacial score (nSPS) is 17.7. The first-order valence-electron chi connectivity index (χ1n) is 9.32. The predicted molar refractivity (Wildman–Crippen MR) is 98.6 cm³/mol. The number of hydrogen-bond acceptors (Lipinski definition) is 5. The van der Waals surface area contributed by atoms with Crippen molar-refractivity contribution in [1.29, 1.82) is 0 Å². The van der Waals surface area contributed by atoms with Gasteiger partial charge in [-0.3, -0.25) is 9.69 Å². The standard InChI is InChI=1S/C20H24N4O2/c1-21-20(25)18-7-8-19(23-22-18)26-17-6-5-14-9-11-24(16-3-2-4-16)12-10-15(14)13-17/h5-8,13,16H,2-4,9-12H2,1H3,(H,21,25). The molecule has 2 aromatic rings. The van der Waals surface area contributed by atoms with Crippen LogP contribution in [0.5, 0.6) is 11.6 Å². The fourth-order valence-corrected chi connectivity index (χ4v) is 3.64. The number of amides is 1. The van der Waals surface area contributed by atoms with Crippen LogP contribution in [0.4, 0.5) is 0 Å². The van der Waals surface area contributed by atoms with Gasteiger partial charge >= 0.3 is 0 Å². The molecule has 0 unspecified atom stereocenters. The van der Waals surface area contributed by atoms with E-state index >= 15 is 0 Å². The fourth-order valence-electron chi connectivity index (χ4n) is 3.64. The Bertz CT molecular complexity index is 787. The number of hydrogen-bond donors (Lipinski definition) is 1. The zero-order valence-corrected chi connectivity index (χ0v) is 15.1. The van der Waals surface area contributed by atoms with Gasteiger partial charge in [0.2, 0.25) is 5.88 Å². The maximum atomic E-state index is 11.5. The molecule has 1 N–H and O–H groups in total. The molecule has 1 aliphatic carbocycles. The van der Waals surface area contributed by atoms with Crippen molar-refractivity contribution in [3.8, 4) is 11.6 Å². The number of rotatable bonds is 4. The Balaban J connectivity index is 1.44. The Morgan fingerprint density at radius 3 is 2.58 bits per heavy atom. The lowest BCUT2D eigenvalue weighted by Crippen LogP contribution is -2.41. The SMILES string of the molecule is CNC(=O)c1ccc(Oc2ccc3c(c2)CCN(C2CCC2)CC3)nn1. The Kier molecular flexibility index (Phi) is 4.84. The van der Waals surface area contributed by atoms with Gasteiger partial charge in [-0.1, -0.05) is 12.5 Å². The van der Waals surface area contributed by atoms with Gasteiger partial charge in [-0.15, -0.1) is 10.2 Å². The van der Waals surface area contributed by atoms with Gasteiger partial charge in [0.15, 0.2) is 5.69 Å². The van der Waals surface area contributed by atoms with E-state index in [0.717, 1.165) is 37.7 Å². The van der Waals surface area contributed by atoms with Crippen LogP contribution in [0, 0.1) is 0 Å². The molecule has 6 heteroatoms. The molecule has 26 heavy (non-hydrogen) atoms. The number of benzene rings is 1. The van der Waals surface area contributed by atoms with Crippen LogP contribution in [0.1, 0.15) is 40.9 Å². The van der Waals surface area contributed by atoms with Crippen molar-refractivity contribution >= 4 is 5.91 Å². The third-order valence-corrected chi connectivity index (χ3v) is 5.43. The van der Waals surface area contributed by atoms with E-state index in [2.05, 4.69) is 32.5 Å². The van der Waals surface area contributed by atoms with E-state index in [-0.39, 0.29) is 11.6 Å². The van der Waals surface area contributed by atoms with Crippen molar-refractivity contribution < 1.29 is 9.53 Å². The Morgan fingerprint density at radius 2 is 1.92 bits per heavy atom. The summed E-state index contributed by atoms with van der Waals surface area (Å²) in [6.45, 7) is 2.28. The number of carbonyl (C=O) groups excluding carboxylic acids is 1. The minimum Gasteiger partial charge on any atom is -0.438 e. The van der Waals surface area contributed by atoms with E-state index in [9.17, 15) is 4.79 Å². The van der Waals surface area contributed by atoms with Crippen molar-refractivity contribution in [2.75, 3.05) is 20.1 Å². The van der Waals surface area contributed by atoms with Crippen LogP contribution in [0.15, 0.2) is 30.3 Å². The maximum absolute atomic E-state index is 11.5. The molecule has 0 bridgehead atoms. The smallest absolute Gasteiger partial charge is 0.271 e. The molecule has 4 rings (SSSR count). The summed E-state index contributed by atoms with van der Waals surface area (Å²) in [4.78, 5) is 14.2. The van der Waals surface area contributed by atoms with Crippen molar-refractivity contribution in [3.63, 3.8) is 0 Å². The monoisotopic (exact) mass is 352 g/mol. The second-order valence-electron chi connectivity index (χ2n) is 6.99. The molecule has 0 atom stereocenters. The van der Waals surface area contributed by atoms with E-state index in [0.29, 0.717) is 5.88 Å². The van der Waals surface area contributed by atoms with E-state index < -0.39 is 0 Å². The lowest BCUT2D eigenvalue weighted by Gasteiger charge is -2.36. The molecule has 1 aromatic heterocycles. The Morgan fingerprint density at radius 1 is 1.12 bits per heavy atom. The van der Waals surface area contributed by atoms with Gasteiger partial charge in [0.05, 0.1) is 0 Å². The molecule has 1 amide bonds. The summed E-state index contributed by atoms with van der Waals surface area (Å²) in [5, 5.41) is 10.4. The van der Waals surface area contributed by atoms with Gasteiger partial charge < -0.3 is 10.1 Å². The van der Waals surface area contributed by atoms with Gasteiger partial charge in [-0.05, 0) is 55.0 Å². The average molecular weight is 352 g/mol. The Labute approximate surface area is 153 Å². The summed E-state index contributed by atoms with van der Waals surface area (Å²) in [6.07, 6.45) is 6.26. The van der Waals surface area contributed by atoms with Crippen molar-refractivity contribution in [3.05, 3.63) is 47.2 Å². The highest BCUT2D eigenvalue weighted by Gasteiger charge is 2.26. The van der Waals surface area contributed by atoms with Gasteiger partial charge in [-0.2, -0.15) is 0 Å². The summed E-state index contributed by atoms with van der Waals surface area (Å²) < 4.78 is 5.84. The fraction of sp³-hybridized carbons (Fsp3) is 0.450. The summed E-state index contributed by atoms with van der Waals surface area (Å²) in [7, 11) is 1.57. The van der Waals surface area contributed by atoms with Gasteiger partial charge in [0.1, 0.15) is 5.75 Å². The van der Waals surface area contributed by atoms with Gasteiger partial charge in [0, 0.05) is 32.2 Å². The second-order valence-corrected chi connectivity index (χ2v) is 6.99. The molecule has 2 aliphatic rings. The number of aromatic nitrogens is 2. The minimum atomic E-state index is -0.259. The number of fused-ring (bicyclic) bond motifs is 1. The van der Waals surface area contributed by atoms with Crippen LogP contribution in [0.3, 0.4) is 0 Å². The first kappa shape index (κ1) is 17.0. The molecular weight excluding hydrogens is 328 g/mol. The third-order valence-electron chi connectivity index (χ3n) is 5.43. The van der Waals surface area contributed by atoms with Crippen LogP contribution in [-0.2, 0) is 12.8 Å². The van der Waals surface area contributed by atoms with E-state index in [1.165, 1.54) is 30.4 Å². The highest BCUT2D eigenvalue weighted by atomic mass is 16.5. The lowest BCUT2D eigenvalue weighted by atomic mass is 9.91. The molecular formula is C20H24N4O2. The average Bonchev–Trinajstić information content (AvgIpc) is 2.83. The highest BCUT2D eigenvalue weighted by molar-refractivity contribution is 5.91. The summed E-state index contributed by atoms with van der Waals surface area (Å²) in [6, 6.07) is 10.4. The summed E-state index contributed by atoms with van der Waals surface area (Å²) in [5.74, 6) is 0.898. The van der Waals surface area contributed by atoms with Crippen LogP contribution in [0.25, 0.3) is 0 Å². The first-order valence-corrected chi connectivity index (χ1v) is 9.32. The molecule has 1 saturated carbocycles. The minimum absolute atomic E-state index is 0.259. The maximum Gasteiger partial charge on any atom is 0.271 e. The molecule has 136 valence electrons. The summed E-state index contributed by atoms with van der Waals surface area (Å²) in [5.41, 5.74) is 3.05. The van der Waals surface area contributed by atoms with Crippen LogP contribution in [0.2, 0.25) is 0 Å². The van der Waals surface area contributed by atoms with Crippen LogP contribution >= 0.6 is 0 Å². The predicted octanol–water partition coefficient (Wildman–Crippen LogP) is 2.58. The number of nitrogens with one attached hydrogen (secondary N) is 1. The second kappa shape index (κ2) is 7.41. The van der Waals surface area contributed by atoms with Crippen LogP contribution < -0.4 is 10.1 Å². The quantitative estimate of drug-likeness (QED) is 0.916. The molecule has 1 aliphatic heterocycles. The number of ether oxygens (including phenoxy) is 1. The molecule has 0 radical (unpaired) electrons. The summed E-state index contributed by atoms with van der Waals surface area (Å²) >= 11 is 0. The highest BCUT2D eigenvalue weighted by Crippen LogP contribution is 2.29. The molecule has 6 nitrogen and oxygen atoms in total. The van der Waals surface area contributed by atoms with Crippen molar-refractivity contribution in [2.24, 2.45) is 0 Å². The lowest BCUT2D eigenvalue weighted by molar-refractivity contribution is 0.0957. The number of nitrogens with zero attached hydrogens (tertiary/aromatic N) is 3. The van der Waals surface area contributed by atoms with E-state index in [4.69, 9.17) is 4.74 Å². The first-order chi connectivity index (χ1) is 12.7. The Hall–Kier alpha value is -2.47. The zero-order chi connectivity index (χ0) is 17.9. The third kappa shape index (κ3) is 3.55. The largest absolute Gasteiger partial charge is 0.438 e. The topological polar surface area (TPSA) is 67.3 Å². The van der Waals surface area contributed by atoms with Gasteiger partial charge in [0.25, 0.3) is 5.91 Å². The molecule has 1 aromatic carbocycles. The van der Waals surface area contributed by atoms with Crippen molar-refractivity contribution in [1.82, 2.24) is 20.4 Å². The molecule has 0 saturated heterocycles. The molecule has 2 heterocycles. The number of carbonyl (C=O) groups is 1.